The van der Waals surface area contributed by atoms with Crippen LogP contribution in [-0.2, 0) is 11.2 Å². The van der Waals surface area contributed by atoms with Gasteiger partial charge in [0.1, 0.15) is 0 Å². The van der Waals surface area contributed by atoms with Gasteiger partial charge < -0.3 is 25.2 Å². The second kappa shape index (κ2) is 14.4. The third-order valence-corrected chi connectivity index (χ3v) is 7.53. The molecule has 12 heteroatoms. The second-order valence-corrected chi connectivity index (χ2v) is 10.5. The van der Waals surface area contributed by atoms with Gasteiger partial charge in [-0.1, -0.05) is 24.6 Å². The number of pyridine rings is 1. The van der Waals surface area contributed by atoms with Gasteiger partial charge in [0.05, 0.1) is 11.5 Å². The summed E-state index contributed by atoms with van der Waals surface area (Å²) in [6.07, 6.45) is 4.31. The number of aromatic nitrogens is 1. The summed E-state index contributed by atoms with van der Waals surface area (Å²) in [4.78, 5) is 45.4. The molecular weight excluding hydrogens is 554 g/mol. The van der Waals surface area contributed by atoms with E-state index in [1.165, 1.54) is 16.5 Å². The molecule has 0 radical (unpaired) electrons. The Morgan fingerprint density at radius 1 is 1.26 bits per heavy atom. The molecule has 0 spiro atoms. The average Bonchev–Trinajstić information content (AvgIpc) is 2.95. The number of likely N-dealkylation sites (N-methyl/N-ethyl adjacent to an activating group) is 1. The van der Waals surface area contributed by atoms with Crippen molar-refractivity contribution < 1.29 is 29.1 Å². The van der Waals surface area contributed by atoms with E-state index in [9.17, 15) is 24.8 Å². The van der Waals surface area contributed by atoms with Gasteiger partial charge >= 0.3 is 11.8 Å². The lowest BCUT2D eigenvalue weighted by Gasteiger charge is -2.34. The number of carbonyl (C=O) groups excluding carboxylic acids is 2. The van der Waals surface area contributed by atoms with E-state index in [0.717, 1.165) is 42.3 Å². The number of nitrogens with two attached hydrogens (primary N) is 1. The molecule has 1 aromatic carbocycles. The first-order valence-corrected chi connectivity index (χ1v) is 14.1. The Labute approximate surface area is 250 Å². The molecule has 1 amide bonds. The summed E-state index contributed by atoms with van der Waals surface area (Å²) < 4.78 is 10.3. The highest BCUT2D eigenvalue weighted by Crippen LogP contribution is 2.39. The highest BCUT2D eigenvalue weighted by atomic mass is 16.7. The molecule has 1 aliphatic rings. The first-order chi connectivity index (χ1) is 20.4. The number of carbonyl (C=O) groups is 2. The molecule has 228 valence electrons. The van der Waals surface area contributed by atoms with Gasteiger partial charge in [0, 0.05) is 37.0 Å². The van der Waals surface area contributed by atoms with E-state index < -0.39 is 34.2 Å². The maximum atomic E-state index is 12.7. The first-order valence-electron chi connectivity index (χ1n) is 14.1. The molecule has 1 aromatic heterocycles. The summed E-state index contributed by atoms with van der Waals surface area (Å²) in [5, 5.41) is 22.4. The van der Waals surface area contributed by atoms with Gasteiger partial charge in [-0.25, -0.2) is 14.6 Å². The summed E-state index contributed by atoms with van der Waals surface area (Å²) in [6, 6.07) is 5.25. The number of hydrogen-bond acceptors (Lipinski definition) is 9. The Morgan fingerprint density at radius 2 is 1.95 bits per heavy atom. The zero-order valence-electron chi connectivity index (χ0n) is 25.0. The minimum atomic E-state index is -1.34. The molecule has 1 saturated carbocycles. The van der Waals surface area contributed by atoms with E-state index in [1.54, 1.807) is 19.9 Å². The lowest BCUT2D eigenvalue weighted by Crippen LogP contribution is -2.35. The number of nitro benzene ring substituents is 1. The summed E-state index contributed by atoms with van der Waals surface area (Å²) in [6.45, 7) is 17.6. The Bertz CT molecular complexity index is 1490. The van der Waals surface area contributed by atoms with Gasteiger partial charge in [-0.15, -0.1) is 0 Å². The van der Waals surface area contributed by atoms with Crippen molar-refractivity contribution in [1.29, 1.82) is 0 Å². The van der Waals surface area contributed by atoms with Crippen LogP contribution in [0.3, 0.4) is 0 Å². The number of nitrogens with zero attached hydrogens (tertiary/aromatic N) is 4. The third-order valence-electron chi connectivity index (χ3n) is 7.53. The van der Waals surface area contributed by atoms with E-state index in [2.05, 4.69) is 22.8 Å². The molecule has 1 aliphatic carbocycles. The molecule has 3 rings (SSSR count). The molecule has 1 heterocycles. The van der Waals surface area contributed by atoms with Crippen LogP contribution in [0.2, 0.25) is 0 Å². The van der Waals surface area contributed by atoms with Crippen molar-refractivity contribution in [3.8, 4) is 17.4 Å². The summed E-state index contributed by atoms with van der Waals surface area (Å²) in [7, 11) is 0. The number of aromatic hydroxyl groups is 1. The van der Waals surface area contributed by atoms with Crippen LogP contribution in [0.15, 0.2) is 41.6 Å². The molecule has 43 heavy (non-hydrogen) atoms. The molecule has 1 fully saturated rings. The van der Waals surface area contributed by atoms with Gasteiger partial charge in [-0.2, -0.15) is 0 Å². The molecule has 12 nitrogen and oxygen atoms in total. The van der Waals surface area contributed by atoms with Crippen molar-refractivity contribution in [2.45, 2.75) is 59.9 Å². The number of phenolic OH excluding ortho intramolecular Hbond substituents is 1. The second-order valence-electron chi connectivity index (χ2n) is 10.5. The van der Waals surface area contributed by atoms with Crippen LogP contribution in [-0.4, -0.2) is 51.1 Å². The minimum Gasteiger partial charge on any atom is -0.504 e. The Morgan fingerprint density at radius 3 is 2.56 bits per heavy atom. The van der Waals surface area contributed by atoms with Gasteiger partial charge in [-0.3, -0.25) is 14.9 Å². The number of amides is 1. The number of rotatable bonds is 9. The van der Waals surface area contributed by atoms with Gasteiger partial charge in [0.25, 0.3) is 17.4 Å². The fourth-order valence-electron chi connectivity index (χ4n) is 5.39. The molecule has 0 aliphatic heterocycles. The minimum absolute atomic E-state index is 0.00138. The van der Waals surface area contributed by atoms with E-state index in [1.807, 2.05) is 13.8 Å². The van der Waals surface area contributed by atoms with Crippen LogP contribution in [0, 0.1) is 35.4 Å². The van der Waals surface area contributed by atoms with Crippen molar-refractivity contribution in [3.05, 3.63) is 80.0 Å². The highest BCUT2D eigenvalue weighted by Gasteiger charge is 2.30. The van der Waals surface area contributed by atoms with Gasteiger partial charge in [0.15, 0.2) is 5.75 Å². The number of aryl methyl sites for hydroxylation is 1. The molecule has 3 atom stereocenters. The van der Waals surface area contributed by atoms with Gasteiger partial charge in [-0.05, 0) is 82.1 Å². The summed E-state index contributed by atoms with van der Waals surface area (Å²) in [5.74, 6) is -1.48. The predicted octanol–water partition coefficient (Wildman–Crippen LogP) is 5.57. The van der Waals surface area contributed by atoms with E-state index in [-0.39, 0.29) is 29.1 Å². The van der Waals surface area contributed by atoms with Crippen LogP contribution < -0.4 is 15.2 Å². The SMILES string of the molecule is [C-]#[N+]/C(=C\c1cc(O)c(OC(=O)Oc2ccc(C)c(C[C@H]3C[C@@H](C)CC(N)C3=CC)n2)c([N+](=O)[O-])c1)C(=O)N(CC)CC. The van der Waals surface area contributed by atoms with Crippen molar-refractivity contribution in [2.75, 3.05) is 13.1 Å². The van der Waals surface area contributed by atoms with Crippen LogP contribution in [0.4, 0.5) is 10.5 Å². The molecule has 3 N–H and O–H groups in total. The maximum absolute atomic E-state index is 12.7. The molecule has 2 aromatic rings. The van der Waals surface area contributed by atoms with Crippen molar-refractivity contribution >= 4 is 23.8 Å². The van der Waals surface area contributed by atoms with E-state index >= 15 is 0 Å². The normalized spacial score (nSPS) is 19.4. The van der Waals surface area contributed by atoms with Crippen LogP contribution in [0.1, 0.15) is 57.4 Å². The molecule has 0 bridgehead atoms. The zero-order chi connectivity index (χ0) is 31.8. The lowest BCUT2D eigenvalue weighted by molar-refractivity contribution is -0.385. The van der Waals surface area contributed by atoms with Crippen molar-refractivity contribution in [1.82, 2.24) is 9.88 Å². The maximum Gasteiger partial charge on any atom is 0.521 e. The largest absolute Gasteiger partial charge is 0.521 e. The smallest absolute Gasteiger partial charge is 0.504 e. The van der Waals surface area contributed by atoms with E-state index in [0.29, 0.717) is 25.4 Å². The highest BCUT2D eigenvalue weighted by molar-refractivity contribution is 5.99. The number of phenols is 1. The van der Waals surface area contributed by atoms with E-state index in [4.69, 9.17) is 21.8 Å². The Kier molecular flexibility index (Phi) is 11.0. The van der Waals surface area contributed by atoms with Crippen LogP contribution in [0.25, 0.3) is 10.9 Å². The molecule has 1 unspecified atom stereocenters. The number of hydrogen-bond donors (Lipinski definition) is 2. The third kappa shape index (κ3) is 7.96. The number of nitro groups is 1. The summed E-state index contributed by atoms with van der Waals surface area (Å²) >= 11 is 0. The average molecular weight is 592 g/mol. The molecule has 0 saturated heterocycles. The number of benzene rings is 1. The number of allylic oxidation sites excluding steroid dienone is 1. The van der Waals surface area contributed by atoms with Crippen molar-refractivity contribution in [2.24, 2.45) is 17.6 Å². The fourth-order valence-corrected chi connectivity index (χ4v) is 5.39. The number of ether oxygens (including phenoxy) is 2. The quantitative estimate of drug-likeness (QED) is 0.0721. The first kappa shape index (κ1) is 32.8. The summed E-state index contributed by atoms with van der Waals surface area (Å²) in [5.41, 5.74) is 8.11. The Balaban J connectivity index is 1.83. The van der Waals surface area contributed by atoms with Crippen molar-refractivity contribution in [3.63, 3.8) is 0 Å². The zero-order valence-corrected chi connectivity index (χ0v) is 25.0. The van der Waals surface area contributed by atoms with Crippen LogP contribution >= 0.6 is 0 Å². The van der Waals surface area contributed by atoms with Crippen LogP contribution in [0.5, 0.6) is 17.4 Å². The monoisotopic (exact) mass is 591 g/mol. The predicted molar refractivity (Wildman–Crippen MR) is 160 cm³/mol. The Hall–Kier alpha value is -4.76. The lowest BCUT2D eigenvalue weighted by atomic mass is 9.73. The topological polar surface area (TPSA) is 162 Å². The fraction of sp³-hybridized carbons (Fsp3) is 0.419. The van der Waals surface area contributed by atoms with Gasteiger partial charge in [0.2, 0.25) is 5.88 Å². The standard InChI is InChI=1S/C31H37N5O7/c1-7-22-21(12-18(4)13-23(22)32)17-24-19(5)10-11-28(34-24)42-31(39)43-29-26(36(40)41)15-20(16-27(29)37)14-25(33-6)30(38)35(8-2)9-3/h7,10-11,14-16,18,21,23,37H,8-9,12-13,17,32H2,1-5H3/b22-7?,25-14-/t18-,21-,23?/m1/s1. The molecular formula is C31H37N5O7.